The zero-order chi connectivity index (χ0) is 8.89. The SMILES string of the molecule is BrCC1CC1(c1cccs1)C1CC1. The van der Waals surface area contributed by atoms with Crippen LogP contribution in [0.3, 0.4) is 0 Å². The summed E-state index contributed by atoms with van der Waals surface area (Å²) in [6.07, 6.45) is 4.38. The Kier molecular flexibility index (Phi) is 1.85. The quantitative estimate of drug-likeness (QED) is 0.722. The van der Waals surface area contributed by atoms with Crippen LogP contribution in [0.4, 0.5) is 0 Å². The molecule has 1 heterocycles. The predicted octanol–water partition coefficient (Wildman–Crippen LogP) is 3.81. The molecule has 0 radical (unpaired) electrons. The molecule has 2 aliphatic carbocycles. The minimum absolute atomic E-state index is 0.623. The van der Waals surface area contributed by atoms with Crippen LogP contribution in [0.2, 0.25) is 0 Å². The van der Waals surface area contributed by atoms with Gasteiger partial charge in [-0.3, -0.25) is 0 Å². The molecule has 2 saturated carbocycles. The standard InChI is InChI=1S/C11H13BrS/c12-7-9-6-11(9,8-3-4-8)10-2-1-5-13-10/h1-2,5,8-9H,3-4,6-7H2. The van der Waals surface area contributed by atoms with Gasteiger partial charge in [-0.05, 0) is 42.5 Å². The van der Waals surface area contributed by atoms with Gasteiger partial charge in [-0.1, -0.05) is 22.0 Å². The zero-order valence-corrected chi connectivity index (χ0v) is 9.90. The molecule has 2 fully saturated rings. The summed E-state index contributed by atoms with van der Waals surface area (Å²) in [6.45, 7) is 0. The van der Waals surface area contributed by atoms with Gasteiger partial charge in [0, 0.05) is 15.6 Å². The molecule has 70 valence electrons. The highest BCUT2D eigenvalue weighted by Gasteiger charge is 2.62. The lowest BCUT2D eigenvalue weighted by molar-refractivity contribution is 0.564. The van der Waals surface area contributed by atoms with Crippen molar-refractivity contribution in [3.05, 3.63) is 22.4 Å². The molecule has 13 heavy (non-hydrogen) atoms. The molecular formula is C11H13BrS. The van der Waals surface area contributed by atoms with Crippen molar-refractivity contribution in [3.63, 3.8) is 0 Å². The molecule has 0 spiro atoms. The highest BCUT2D eigenvalue weighted by molar-refractivity contribution is 9.09. The van der Waals surface area contributed by atoms with Gasteiger partial charge >= 0.3 is 0 Å². The maximum absolute atomic E-state index is 3.64. The lowest BCUT2D eigenvalue weighted by atomic mass is 9.96. The van der Waals surface area contributed by atoms with Crippen LogP contribution < -0.4 is 0 Å². The van der Waals surface area contributed by atoms with Gasteiger partial charge in [0.15, 0.2) is 0 Å². The molecule has 2 atom stereocenters. The highest BCUT2D eigenvalue weighted by atomic mass is 79.9. The molecule has 0 bridgehead atoms. The molecule has 0 saturated heterocycles. The van der Waals surface area contributed by atoms with Crippen molar-refractivity contribution in [2.45, 2.75) is 24.7 Å². The van der Waals surface area contributed by atoms with Crippen LogP contribution in [0.5, 0.6) is 0 Å². The van der Waals surface area contributed by atoms with E-state index in [2.05, 4.69) is 33.4 Å². The summed E-state index contributed by atoms with van der Waals surface area (Å²) in [6, 6.07) is 4.54. The summed E-state index contributed by atoms with van der Waals surface area (Å²) < 4.78 is 0. The first-order valence-corrected chi connectivity index (χ1v) is 6.98. The Morgan fingerprint density at radius 3 is 2.85 bits per heavy atom. The van der Waals surface area contributed by atoms with E-state index in [4.69, 9.17) is 0 Å². The van der Waals surface area contributed by atoms with Crippen molar-refractivity contribution in [2.24, 2.45) is 11.8 Å². The van der Waals surface area contributed by atoms with Crippen molar-refractivity contribution < 1.29 is 0 Å². The van der Waals surface area contributed by atoms with E-state index in [1.807, 2.05) is 11.3 Å². The Hall–Kier alpha value is 0.180. The lowest BCUT2D eigenvalue weighted by Crippen LogP contribution is -2.11. The Balaban J connectivity index is 1.93. The Bertz CT molecular complexity index is 302. The lowest BCUT2D eigenvalue weighted by Gasteiger charge is -2.13. The van der Waals surface area contributed by atoms with Crippen LogP contribution in [0, 0.1) is 11.8 Å². The van der Waals surface area contributed by atoms with Crippen LogP contribution in [-0.4, -0.2) is 5.33 Å². The highest BCUT2D eigenvalue weighted by Crippen LogP contribution is 2.67. The second-order valence-corrected chi connectivity index (χ2v) is 5.94. The van der Waals surface area contributed by atoms with E-state index in [9.17, 15) is 0 Å². The first-order valence-electron chi connectivity index (χ1n) is 4.98. The molecular weight excluding hydrogens is 244 g/mol. The summed E-state index contributed by atoms with van der Waals surface area (Å²) in [5, 5.41) is 3.42. The largest absolute Gasteiger partial charge is 0.148 e. The molecule has 2 heteroatoms. The molecule has 0 nitrogen and oxygen atoms in total. The van der Waals surface area contributed by atoms with E-state index in [1.165, 1.54) is 24.6 Å². The summed E-state index contributed by atoms with van der Waals surface area (Å²) in [4.78, 5) is 1.65. The number of hydrogen-bond acceptors (Lipinski definition) is 1. The average Bonchev–Trinajstić information content (AvgIpc) is 3.04. The summed E-state index contributed by atoms with van der Waals surface area (Å²) in [7, 11) is 0. The van der Waals surface area contributed by atoms with E-state index in [1.54, 1.807) is 4.88 Å². The number of alkyl halides is 1. The third-order valence-corrected chi connectivity index (χ3v) is 5.47. The third-order valence-electron chi connectivity index (χ3n) is 3.62. The topological polar surface area (TPSA) is 0 Å². The summed E-state index contributed by atoms with van der Waals surface area (Å²) in [5.74, 6) is 1.95. The first kappa shape index (κ1) is 8.49. The maximum atomic E-state index is 3.64. The minimum Gasteiger partial charge on any atom is -0.148 e. The van der Waals surface area contributed by atoms with E-state index < -0.39 is 0 Å². The second-order valence-electron chi connectivity index (χ2n) is 4.35. The van der Waals surface area contributed by atoms with E-state index in [0.717, 1.165) is 11.8 Å². The molecule has 1 aromatic heterocycles. The van der Waals surface area contributed by atoms with Crippen LogP contribution in [-0.2, 0) is 5.41 Å². The van der Waals surface area contributed by atoms with Crippen molar-refractivity contribution in [2.75, 3.05) is 5.33 Å². The maximum Gasteiger partial charge on any atom is 0.0115 e. The number of halogens is 1. The van der Waals surface area contributed by atoms with Crippen molar-refractivity contribution in [1.82, 2.24) is 0 Å². The van der Waals surface area contributed by atoms with Gasteiger partial charge in [0.05, 0.1) is 0 Å². The van der Waals surface area contributed by atoms with Gasteiger partial charge in [-0.25, -0.2) is 0 Å². The van der Waals surface area contributed by atoms with Crippen LogP contribution in [0.1, 0.15) is 24.1 Å². The third kappa shape index (κ3) is 1.15. The fraction of sp³-hybridized carbons (Fsp3) is 0.636. The zero-order valence-electron chi connectivity index (χ0n) is 7.50. The van der Waals surface area contributed by atoms with Crippen LogP contribution >= 0.6 is 27.3 Å². The van der Waals surface area contributed by atoms with Crippen molar-refractivity contribution >= 4 is 27.3 Å². The molecule has 2 aliphatic rings. The van der Waals surface area contributed by atoms with Crippen molar-refractivity contribution in [1.29, 1.82) is 0 Å². The summed E-state index contributed by atoms with van der Waals surface area (Å²) in [5.41, 5.74) is 0.623. The van der Waals surface area contributed by atoms with Crippen LogP contribution in [0.15, 0.2) is 17.5 Å². The fourth-order valence-electron chi connectivity index (χ4n) is 2.69. The predicted molar refractivity (Wildman–Crippen MR) is 60.6 cm³/mol. The normalized spacial score (nSPS) is 37.8. The van der Waals surface area contributed by atoms with E-state index in [-0.39, 0.29) is 0 Å². The molecule has 3 rings (SSSR count). The van der Waals surface area contributed by atoms with Gasteiger partial charge in [0.1, 0.15) is 0 Å². The van der Waals surface area contributed by atoms with Gasteiger partial charge in [-0.15, -0.1) is 11.3 Å². The number of thiophene rings is 1. The first-order chi connectivity index (χ1) is 6.38. The van der Waals surface area contributed by atoms with Crippen molar-refractivity contribution in [3.8, 4) is 0 Å². The molecule has 1 aromatic rings. The number of rotatable bonds is 3. The summed E-state index contributed by atoms with van der Waals surface area (Å²) >= 11 is 5.60. The van der Waals surface area contributed by atoms with Gasteiger partial charge in [-0.2, -0.15) is 0 Å². The van der Waals surface area contributed by atoms with Gasteiger partial charge in [0.25, 0.3) is 0 Å². The minimum atomic E-state index is 0.623. The molecule has 0 N–H and O–H groups in total. The average molecular weight is 257 g/mol. The fourth-order valence-corrected chi connectivity index (χ4v) is 4.59. The van der Waals surface area contributed by atoms with E-state index in [0.29, 0.717) is 5.41 Å². The van der Waals surface area contributed by atoms with E-state index >= 15 is 0 Å². The van der Waals surface area contributed by atoms with Crippen LogP contribution in [0.25, 0.3) is 0 Å². The Labute approximate surface area is 91.5 Å². The molecule has 0 amide bonds. The Morgan fingerprint density at radius 2 is 2.38 bits per heavy atom. The van der Waals surface area contributed by atoms with Gasteiger partial charge in [0.2, 0.25) is 0 Å². The second kappa shape index (κ2) is 2.83. The number of hydrogen-bond donors (Lipinski definition) is 0. The van der Waals surface area contributed by atoms with Gasteiger partial charge < -0.3 is 0 Å². The Morgan fingerprint density at radius 1 is 1.54 bits per heavy atom. The molecule has 2 unspecified atom stereocenters. The smallest absolute Gasteiger partial charge is 0.0115 e. The molecule has 0 aromatic carbocycles. The monoisotopic (exact) mass is 256 g/mol. The molecule has 0 aliphatic heterocycles.